The van der Waals surface area contributed by atoms with Crippen LogP contribution in [0.15, 0.2) is 24.4 Å². The molecule has 0 saturated heterocycles. The predicted molar refractivity (Wildman–Crippen MR) is 112 cm³/mol. The third-order valence-corrected chi connectivity index (χ3v) is 5.55. The number of imidazole rings is 1. The minimum absolute atomic E-state index is 0.105. The zero-order chi connectivity index (χ0) is 23.4. The van der Waals surface area contributed by atoms with Crippen molar-refractivity contribution in [2.75, 3.05) is 0 Å². The van der Waals surface area contributed by atoms with Crippen LogP contribution in [-0.4, -0.2) is 43.0 Å². The molecule has 33 heavy (non-hydrogen) atoms. The van der Waals surface area contributed by atoms with Crippen LogP contribution in [0.25, 0.3) is 11.0 Å². The summed E-state index contributed by atoms with van der Waals surface area (Å²) in [7, 11) is 0. The molecule has 1 fully saturated rings. The number of hydrogen-bond donors (Lipinski definition) is 3. The third-order valence-electron chi connectivity index (χ3n) is 5.55. The van der Waals surface area contributed by atoms with Gasteiger partial charge in [0.25, 0.3) is 5.91 Å². The van der Waals surface area contributed by atoms with E-state index in [1.807, 2.05) is 0 Å². The molecule has 2 amide bonds. The van der Waals surface area contributed by atoms with Crippen molar-refractivity contribution in [2.24, 2.45) is 5.92 Å². The lowest BCUT2D eigenvalue weighted by Gasteiger charge is -2.24. The van der Waals surface area contributed by atoms with E-state index >= 15 is 0 Å². The SMILES string of the molecule is O=C(CCC(F)(F)F)NCc1ccc2nc(CNC(=O)c3cnn(CC4CCC4)n3)[nH]c2c1. The lowest BCUT2D eigenvalue weighted by atomic mass is 9.86. The molecule has 1 aliphatic rings. The predicted octanol–water partition coefficient (Wildman–Crippen LogP) is 2.84. The van der Waals surface area contributed by atoms with Crippen LogP contribution in [0.5, 0.6) is 0 Å². The second kappa shape index (κ2) is 9.59. The van der Waals surface area contributed by atoms with Crippen LogP contribution < -0.4 is 10.6 Å². The molecular weight excluding hydrogens is 439 g/mol. The summed E-state index contributed by atoms with van der Waals surface area (Å²) in [6.07, 6.45) is -1.10. The Morgan fingerprint density at radius 1 is 1.18 bits per heavy atom. The Morgan fingerprint density at radius 2 is 2.00 bits per heavy atom. The number of fused-ring (bicyclic) bond motifs is 1. The van der Waals surface area contributed by atoms with Crippen LogP contribution in [-0.2, 0) is 24.4 Å². The molecule has 2 heterocycles. The van der Waals surface area contributed by atoms with Crippen LogP contribution in [0.4, 0.5) is 13.2 Å². The number of aromatic amines is 1. The first kappa shape index (κ1) is 22.7. The van der Waals surface area contributed by atoms with Gasteiger partial charge in [0.05, 0.1) is 36.7 Å². The van der Waals surface area contributed by atoms with Gasteiger partial charge in [0.15, 0.2) is 5.69 Å². The van der Waals surface area contributed by atoms with Crippen LogP contribution in [0, 0.1) is 5.92 Å². The van der Waals surface area contributed by atoms with Gasteiger partial charge in [-0.25, -0.2) is 4.98 Å². The number of benzene rings is 1. The molecule has 0 bridgehead atoms. The zero-order valence-corrected chi connectivity index (χ0v) is 17.8. The van der Waals surface area contributed by atoms with E-state index in [2.05, 4.69) is 30.8 Å². The summed E-state index contributed by atoms with van der Waals surface area (Å²) in [6.45, 7) is 0.989. The van der Waals surface area contributed by atoms with E-state index in [1.165, 1.54) is 25.5 Å². The summed E-state index contributed by atoms with van der Waals surface area (Å²) < 4.78 is 36.6. The molecule has 0 spiro atoms. The maximum Gasteiger partial charge on any atom is 0.389 e. The Labute approximate surface area is 187 Å². The molecule has 2 aromatic heterocycles. The number of amides is 2. The summed E-state index contributed by atoms with van der Waals surface area (Å²) in [6, 6.07) is 5.22. The largest absolute Gasteiger partial charge is 0.389 e. The van der Waals surface area contributed by atoms with Crippen LogP contribution >= 0.6 is 0 Å². The first-order valence-electron chi connectivity index (χ1n) is 10.7. The number of halogens is 3. The van der Waals surface area contributed by atoms with E-state index in [0.29, 0.717) is 28.3 Å². The molecule has 1 saturated carbocycles. The molecule has 12 heteroatoms. The minimum atomic E-state index is -4.36. The second-order valence-electron chi connectivity index (χ2n) is 8.19. The van der Waals surface area contributed by atoms with Crippen molar-refractivity contribution in [3.05, 3.63) is 41.5 Å². The monoisotopic (exact) mass is 463 g/mol. The molecule has 3 N–H and O–H groups in total. The Bertz CT molecular complexity index is 1130. The van der Waals surface area contributed by atoms with E-state index < -0.39 is 24.9 Å². The van der Waals surface area contributed by atoms with Crippen molar-refractivity contribution in [3.63, 3.8) is 0 Å². The summed E-state index contributed by atoms with van der Waals surface area (Å²) in [5.74, 6) is 0.108. The fraction of sp³-hybridized carbons (Fsp3) is 0.476. The lowest BCUT2D eigenvalue weighted by Crippen LogP contribution is -2.24. The van der Waals surface area contributed by atoms with E-state index in [4.69, 9.17) is 0 Å². The van der Waals surface area contributed by atoms with Crippen molar-refractivity contribution in [2.45, 2.75) is 57.9 Å². The number of nitrogens with zero attached hydrogens (tertiary/aromatic N) is 4. The normalized spacial score (nSPS) is 14.3. The van der Waals surface area contributed by atoms with Crippen molar-refractivity contribution in [1.82, 2.24) is 35.6 Å². The number of alkyl halides is 3. The Kier molecular flexibility index (Phi) is 6.61. The fourth-order valence-corrected chi connectivity index (χ4v) is 3.50. The number of rotatable bonds is 9. The van der Waals surface area contributed by atoms with Gasteiger partial charge in [-0.3, -0.25) is 9.59 Å². The number of aromatic nitrogens is 5. The van der Waals surface area contributed by atoms with Gasteiger partial charge in [-0.15, -0.1) is 5.10 Å². The number of nitrogens with one attached hydrogen (secondary N) is 3. The molecule has 4 rings (SSSR count). The Hall–Kier alpha value is -3.44. The number of H-pyrrole nitrogens is 1. The highest BCUT2D eigenvalue weighted by Crippen LogP contribution is 2.27. The standard InChI is InChI=1S/C21H24F3N7O2/c22-21(23,24)7-6-19(32)25-9-14-4-5-15-16(8-14)29-18(28-15)11-26-20(33)17-10-27-31(30-17)12-13-2-1-3-13/h4-5,8,10,13H,1-3,6-7,9,11-12H2,(H,25,32)(H,26,33)(H,28,29). The molecule has 0 aliphatic heterocycles. The molecule has 1 aromatic carbocycles. The van der Waals surface area contributed by atoms with Gasteiger partial charge >= 0.3 is 6.18 Å². The van der Waals surface area contributed by atoms with Crippen LogP contribution in [0.2, 0.25) is 0 Å². The molecule has 176 valence electrons. The van der Waals surface area contributed by atoms with Gasteiger partial charge in [-0.1, -0.05) is 12.5 Å². The number of carbonyl (C=O) groups excluding carboxylic acids is 2. The van der Waals surface area contributed by atoms with Crippen molar-refractivity contribution in [1.29, 1.82) is 0 Å². The first-order chi connectivity index (χ1) is 15.7. The quantitative estimate of drug-likeness (QED) is 0.451. The number of carbonyl (C=O) groups is 2. The Morgan fingerprint density at radius 3 is 2.73 bits per heavy atom. The van der Waals surface area contributed by atoms with Crippen molar-refractivity contribution < 1.29 is 22.8 Å². The molecule has 9 nitrogen and oxygen atoms in total. The average molecular weight is 463 g/mol. The van der Waals surface area contributed by atoms with E-state index in [-0.39, 0.29) is 24.7 Å². The first-order valence-corrected chi connectivity index (χ1v) is 10.7. The van der Waals surface area contributed by atoms with Gasteiger partial charge < -0.3 is 15.6 Å². The summed E-state index contributed by atoms with van der Waals surface area (Å²) in [5, 5.41) is 13.6. The molecule has 0 atom stereocenters. The maximum atomic E-state index is 12.4. The topological polar surface area (TPSA) is 118 Å². The zero-order valence-electron chi connectivity index (χ0n) is 17.8. The van der Waals surface area contributed by atoms with Crippen molar-refractivity contribution in [3.8, 4) is 0 Å². The molecule has 0 unspecified atom stereocenters. The van der Waals surface area contributed by atoms with Crippen molar-refractivity contribution >= 4 is 22.8 Å². The van der Waals surface area contributed by atoms with Crippen LogP contribution in [0.1, 0.15) is 54.0 Å². The van der Waals surface area contributed by atoms with E-state index in [0.717, 1.165) is 6.54 Å². The van der Waals surface area contributed by atoms with Gasteiger partial charge in [0.1, 0.15) is 5.82 Å². The van der Waals surface area contributed by atoms with Gasteiger partial charge in [-0.2, -0.15) is 23.1 Å². The molecule has 3 aromatic rings. The maximum absolute atomic E-state index is 12.4. The summed E-state index contributed by atoms with van der Waals surface area (Å²) in [5.41, 5.74) is 2.31. The molecular formula is C21H24F3N7O2. The Balaban J connectivity index is 1.28. The van der Waals surface area contributed by atoms with Crippen LogP contribution in [0.3, 0.4) is 0 Å². The highest BCUT2D eigenvalue weighted by Gasteiger charge is 2.27. The van der Waals surface area contributed by atoms with Gasteiger partial charge in [0, 0.05) is 13.0 Å². The fourth-order valence-electron chi connectivity index (χ4n) is 3.50. The van der Waals surface area contributed by atoms with Gasteiger partial charge in [0.2, 0.25) is 5.91 Å². The summed E-state index contributed by atoms with van der Waals surface area (Å²) in [4.78, 5) is 33.0. The summed E-state index contributed by atoms with van der Waals surface area (Å²) >= 11 is 0. The molecule has 1 aliphatic carbocycles. The molecule has 0 radical (unpaired) electrons. The third kappa shape index (κ3) is 6.30. The highest BCUT2D eigenvalue weighted by molar-refractivity contribution is 5.91. The van der Waals surface area contributed by atoms with E-state index in [1.54, 1.807) is 23.0 Å². The van der Waals surface area contributed by atoms with E-state index in [9.17, 15) is 22.8 Å². The smallest absolute Gasteiger partial charge is 0.352 e. The lowest BCUT2D eigenvalue weighted by molar-refractivity contribution is -0.144. The highest BCUT2D eigenvalue weighted by atomic mass is 19.4. The van der Waals surface area contributed by atoms with Gasteiger partial charge in [-0.05, 0) is 36.5 Å². The average Bonchev–Trinajstić information content (AvgIpc) is 3.37. The number of hydrogen-bond acceptors (Lipinski definition) is 5. The second-order valence-corrected chi connectivity index (χ2v) is 8.19. The minimum Gasteiger partial charge on any atom is -0.352 e.